The molecule has 0 radical (unpaired) electrons. The molecule has 0 heterocycles. The van der Waals surface area contributed by atoms with Gasteiger partial charge in [0.25, 0.3) is 0 Å². The van der Waals surface area contributed by atoms with E-state index in [2.05, 4.69) is 20.7 Å². The normalized spacial score (nSPS) is 10.1. The van der Waals surface area contributed by atoms with E-state index in [-0.39, 0.29) is 23.1 Å². The molecule has 15 heavy (non-hydrogen) atoms. The molecule has 0 spiro atoms. The fourth-order valence-corrected chi connectivity index (χ4v) is 1.46. The monoisotopic (exact) mass is 278 g/mol. The van der Waals surface area contributed by atoms with Crippen molar-refractivity contribution in [3.8, 4) is 0 Å². The van der Waals surface area contributed by atoms with E-state index in [0.717, 1.165) is 6.07 Å². The highest BCUT2D eigenvalue weighted by molar-refractivity contribution is 9.10. The molecular formula is C10H9BrF2O2. The van der Waals surface area contributed by atoms with Crippen LogP contribution in [0, 0.1) is 11.6 Å². The number of benzene rings is 1. The van der Waals surface area contributed by atoms with Crippen LogP contribution in [0.1, 0.15) is 12.5 Å². The molecule has 0 aliphatic carbocycles. The van der Waals surface area contributed by atoms with Gasteiger partial charge >= 0.3 is 5.97 Å². The number of ether oxygens (including phenoxy) is 1. The van der Waals surface area contributed by atoms with E-state index < -0.39 is 17.6 Å². The van der Waals surface area contributed by atoms with Crippen LogP contribution in [0.5, 0.6) is 0 Å². The summed E-state index contributed by atoms with van der Waals surface area (Å²) in [5.41, 5.74) is 0.113. The lowest BCUT2D eigenvalue weighted by molar-refractivity contribution is -0.142. The Balaban J connectivity index is 2.86. The van der Waals surface area contributed by atoms with Crippen molar-refractivity contribution in [2.75, 3.05) is 6.61 Å². The van der Waals surface area contributed by atoms with E-state index >= 15 is 0 Å². The summed E-state index contributed by atoms with van der Waals surface area (Å²) in [6.45, 7) is 1.90. The Kier molecular flexibility index (Phi) is 4.20. The molecule has 0 aliphatic rings. The van der Waals surface area contributed by atoms with Crippen molar-refractivity contribution in [3.63, 3.8) is 0 Å². The summed E-state index contributed by atoms with van der Waals surface area (Å²) < 4.78 is 30.8. The summed E-state index contributed by atoms with van der Waals surface area (Å²) in [5.74, 6) is -1.97. The highest BCUT2D eigenvalue weighted by Crippen LogP contribution is 2.20. The van der Waals surface area contributed by atoms with E-state index in [4.69, 9.17) is 0 Å². The Morgan fingerprint density at radius 3 is 2.67 bits per heavy atom. The van der Waals surface area contributed by atoms with Gasteiger partial charge in [-0.3, -0.25) is 4.79 Å². The molecule has 82 valence electrons. The molecule has 0 saturated carbocycles. The van der Waals surface area contributed by atoms with E-state index in [1.54, 1.807) is 6.92 Å². The fourth-order valence-electron chi connectivity index (χ4n) is 1.07. The second kappa shape index (κ2) is 5.21. The predicted octanol–water partition coefficient (Wildman–Crippen LogP) is 2.83. The van der Waals surface area contributed by atoms with Gasteiger partial charge in [-0.1, -0.05) is 0 Å². The van der Waals surface area contributed by atoms with Gasteiger partial charge in [0.1, 0.15) is 11.6 Å². The molecule has 0 aliphatic heterocycles. The maximum atomic E-state index is 13.2. The first-order valence-corrected chi connectivity index (χ1v) is 5.13. The van der Waals surface area contributed by atoms with Gasteiger partial charge in [-0.25, -0.2) is 8.78 Å². The second-order valence-electron chi connectivity index (χ2n) is 2.84. The standard InChI is InChI=1S/C10H9BrF2O2/c1-2-15-10(14)4-6-3-7(11)9(13)5-8(6)12/h3,5H,2,4H2,1H3. The summed E-state index contributed by atoms with van der Waals surface area (Å²) in [4.78, 5) is 11.1. The first-order valence-electron chi connectivity index (χ1n) is 4.33. The summed E-state index contributed by atoms with van der Waals surface area (Å²) >= 11 is 2.92. The lowest BCUT2D eigenvalue weighted by Gasteiger charge is -2.04. The minimum atomic E-state index is -0.747. The Morgan fingerprint density at radius 1 is 1.40 bits per heavy atom. The van der Waals surface area contributed by atoms with Crippen LogP contribution in [0.3, 0.4) is 0 Å². The molecule has 0 unspecified atom stereocenters. The maximum Gasteiger partial charge on any atom is 0.310 e. The van der Waals surface area contributed by atoms with E-state index in [9.17, 15) is 13.6 Å². The zero-order chi connectivity index (χ0) is 11.4. The van der Waals surface area contributed by atoms with Gasteiger partial charge in [-0.15, -0.1) is 0 Å². The van der Waals surface area contributed by atoms with Crippen LogP contribution in [0.25, 0.3) is 0 Å². The van der Waals surface area contributed by atoms with Gasteiger partial charge in [0.2, 0.25) is 0 Å². The number of carbonyl (C=O) groups is 1. The van der Waals surface area contributed by atoms with Crippen molar-refractivity contribution >= 4 is 21.9 Å². The summed E-state index contributed by atoms with van der Waals surface area (Å²) in [5, 5.41) is 0. The summed E-state index contributed by atoms with van der Waals surface area (Å²) in [7, 11) is 0. The molecule has 0 bridgehead atoms. The average Bonchev–Trinajstić information content (AvgIpc) is 2.14. The van der Waals surface area contributed by atoms with Crippen LogP contribution in [0.2, 0.25) is 0 Å². The first-order chi connectivity index (χ1) is 7.04. The van der Waals surface area contributed by atoms with E-state index in [0.29, 0.717) is 0 Å². The average molecular weight is 279 g/mol. The quantitative estimate of drug-likeness (QED) is 0.628. The molecule has 0 aromatic heterocycles. The topological polar surface area (TPSA) is 26.3 Å². The molecular weight excluding hydrogens is 270 g/mol. The van der Waals surface area contributed by atoms with Crippen molar-refractivity contribution in [2.24, 2.45) is 0 Å². The van der Waals surface area contributed by atoms with Gasteiger partial charge in [0.05, 0.1) is 17.5 Å². The van der Waals surface area contributed by atoms with Crippen molar-refractivity contribution in [2.45, 2.75) is 13.3 Å². The molecule has 0 amide bonds. The minimum absolute atomic E-state index is 0.113. The zero-order valence-electron chi connectivity index (χ0n) is 8.02. The van der Waals surface area contributed by atoms with Crippen LogP contribution in [-0.4, -0.2) is 12.6 Å². The van der Waals surface area contributed by atoms with Crippen molar-refractivity contribution in [1.29, 1.82) is 0 Å². The fraction of sp³-hybridized carbons (Fsp3) is 0.300. The molecule has 0 N–H and O–H groups in total. The molecule has 0 saturated heterocycles. The number of halogens is 3. The molecule has 5 heteroatoms. The predicted molar refractivity (Wildman–Crippen MR) is 54.4 cm³/mol. The Morgan fingerprint density at radius 2 is 2.07 bits per heavy atom. The Labute approximate surface area is 94.4 Å². The lowest BCUT2D eigenvalue weighted by atomic mass is 10.1. The molecule has 0 fully saturated rings. The number of hydrogen-bond acceptors (Lipinski definition) is 2. The summed E-state index contributed by atoms with van der Waals surface area (Å²) in [6.07, 6.45) is -0.196. The highest BCUT2D eigenvalue weighted by Gasteiger charge is 2.12. The van der Waals surface area contributed by atoms with E-state index in [1.807, 2.05) is 0 Å². The second-order valence-corrected chi connectivity index (χ2v) is 3.69. The van der Waals surface area contributed by atoms with Crippen LogP contribution < -0.4 is 0 Å². The Hall–Kier alpha value is -0.970. The Bertz CT molecular complexity index is 380. The molecule has 2 nitrogen and oxygen atoms in total. The van der Waals surface area contributed by atoms with Crippen molar-refractivity contribution in [1.82, 2.24) is 0 Å². The lowest BCUT2D eigenvalue weighted by Crippen LogP contribution is -2.09. The smallest absolute Gasteiger partial charge is 0.310 e. The molecule has 1 aromatic rings. The number of esters is 1. The van der Waals surface area contributed by atoms with E-state index in [1.165, 1.54) is 6.07 Å². The zero-order valence-corrected chi connectivity index (χ0v) is 9.61. The molecule has 1 rings (SSSR count). The van der Waals surface area contributed by atoms with Crippen LogP contribution in [-0.2, 0) is 16.0 Å². The van der Waals surface area contributed by atoms with Gasteiger partial charge in [0.15, 0.2) is 0 Å². The van der Waals surface area contributed by atoms with Crippen LogP contribution in [0.15, 0.2) is 16.6 Å². The van der Waals surface area contributed by atoms with Gasteiger partial charge in [0, 0.05) is 11.6 Å². The SMILES string of the molecule is CCOC(=O)Cc1cc(Br)c(F)cc1F. The minimum Gasteiger partial charge on any atom is -0.466 e. The maximum absolute atomic E-state index is 13.2. The molecule has 0 atom stereocenters. The highest BCUT2D eigenvalue weighted by atomic mass is 79.9. The number of rotatable bonds is 3. The van der Waals surface area contributed by atoms with Crippen molar-refractivity contribution in [3.05, 3.63) is 33.8 Å². The molecule has 1 aromatic carbocycles. The van der Waals surface area contributed by atoms with Gasteiger partial charge in [-0.2, -0.15) is 0 Å². The third-order valence-corrected chi connectivity index (χ3v) is 2.34. The summed E-state index contributed by atoms with van der Waals surface area (Å²) in [6, 6.07) is 1.97. The van der Waals surface area contributed by atoms with Gasteiger partial charge in [-0.05, 0) is 28.9 Å². The van der Waals surface area contributed by atoms with Crippen molar-refractivity contribution < 1.29 is 18.3 Å². The van der Waals surface area contributed by atoms with Crippen LogP contribution >= 0.6 is 15.9 Å². The van der Waals surface area contributed by atoms with Crippen LogP contribution in [0.4, 0.5) is 8.78 Å². The number of carbonyl (C=O) groups excluding carboxylic acids is 1. The third-order valence-electron chi connectivity index (χ3n) is 1.73. The van der Waals surface area contributed by atoms with Gasteiger partial charge < -0.3 is 4.74 Å². The largest absolute Gasteiger partial charge is 0.466 e. The third kappa shape index (κ3) is 3.27. The number of hydrogen-bond donors (Lipinski definition) is 0. The first kappa shape index (κ1) is 12.1.